The maximum Gasteiger partial charge on any atom is 0.228 e. The van der Waals surface area contributed by atoms with Crippen molar-refractivity contribution in [3.63, 3.8) is 0 Å². The minimum Gasteiger partial charge on any atom is -0.384 e. The van der Waals surface area contributed by atoms with Gasteiger partial charge in [-0.05, 0) is 68.9 Å². The molecule has 2 aliphatic rings. The molecule has 0 aromatic heterocycles. The van der Waals surface area contributed by atoms with Crippen LogP contribution < -0.4 is 10.6 Å². The monoisotopic (exact) mass is 324 g/mol. The Labute approximate surface area is 142 Å². The van der Waals surface area contributed by atoms with Gasteiger partial charge in [0.2, 0.25) is 5.91 Å². The lowest BCUT2D eigenvalue weighted by atomic mass is 9.70. The summed E-state index contributed by atoms with van der Waals surface area (Å²) in [5.74, 6) is 1.69. The second kappa shape index (κ2) is 7.98. The lowest BCUT2D eigenvalue weighted by molar-refractivity contribution is -0.136. The molecule has 134 valence electrons. The first-order valence-electron chi connectivity index (χ1n) is 9.35. The molecule has 1 aliphatic carbocycles. The van der Waals surface area contributed by atoms with Gasteiger partial charge < -0.3 is 15.4 Å². The first-order chi connectivity index (χ1) is 10.9. The number of carbonyl (C=O) groups is 1. The maximum atomic E-state index is 12.8. The molecule has 1 heterocycles. The van der Waals surface area contributed by atoms with Gasteiger partial charge in [-0.1, -0.05) is 20.8 Å². The molecule has 0 aromatic rings. The third kappa shape index (κ3) is 4.93. The summed E-state index contributed by atoms with van der Waals surface area (Å²) >= 11 is 0. The number of methoxy groups -OCH3 is 1. The Balaban J connectivity index is 1.80. The summed E-state index contributed by atoms with van der Waals surface area (Å²) in [6.07, 6.45) is 6.86. The van der Waals surface area contributed by atoms with Gasteiger partial charge in [-0.15, -0.1) is 0 Å². The Kier molecular flexibility index (Phi) is 6.49. The van der Waals surface area contributed by atoms with Gasteiger partial charge in [0.05, 0.1) is 12.0 Å². The highest BCUT2D eigenvalue weighted by molar-refractivity contribution is 5.83. The molecular formula is C19H36N2O2. The summed E-state index contributed by atoms with van der Waals surface area (Å²) in [5, 5.41) is 6.60. The molecule has 0 aromatic carbocycles. The van der Waals surface area contributed by atoms with Crippen molar-refractivity contribution in [3.05, 3.63) is 0 Å². The van der Waals surface area contributed by atoms with Crippen molar-refractivity contribution in [3.8, 4) is 0 Å². The number of hydrogen-bond donors (Lipinski definition) is 2. The highest BCUT2D eigenvalue weighted by Crippen LogP contribution is 2.39. The van der Waals surface area contributed by atoms with Crippen LogP contribution in [-0.4, -0.2) is 39.3 Å². The fourth-order valence-electron chi connectivity index (χ4n) is 4.28. The van der Waals surface area contributed by atoms with Crippen molar-refractivity contribution >= 4 is 5.91 Å². The summed E-state index contributed by atoms with van der Waals surface area (Å²) in [6.45, 7) is 10.3. The molecule has 1 amide bonds. The molecule has 0 atom stereocenters. The fraction of sp³-hybridized carbons (Fsp3) is 0.947. The number of nitrogens with one attached hydrogen (secondary N) is 2. The molecular weight excluding hydrogens is 288 g/mol. The SMILES string of the molecule is COCC1(C(=O)NCC2CCC(C(C)(C)C)CC2)CCNCC1. The number of amides is 1. The zero-order valence-electron chi connectivity index (χ0n) is 15.5. The minimum atomic E-state index is -0.317. The van der Waals surface area contributed by atoms with Crippen molar-refractivity contribution in [2.24, 2.45) is 22.7 Å². The first kappa shape index (κ1) is 18.7. The molecule has 1 saturated heterocycles. The van der Waals surface area contributed by atoms with Gasteiger partial charge in [0.1, 0.15) is 0 Å². The first-order valence-corrected chi connectivity index (χ1v) is 9.35. The second-order valence-corrected chi connectivity index (χ2v) is 8.76. The average molecular weight is 325 g/mol. The van der Waals surface area contributed by atoms with E-state index in [1.807, 2.05) is 0 Å². The van der Waals surface area contributed by atoms with Gasteiger partial charge in [0, 0.05) is 13.7 Å². The Hall–Kier alpha value is -0.610. The van der Waals surface area contributed by atoms with Crippen molar-refractivity contribution in [1.29, 1.82) is 0 Å². The van der Waals surface area contributed by atoms with Gasteiger partial charge >= 0.3 is 0 Å². The number of rotatable bonds is 5. The average Bonchev–Trinajstić information content (AvgIpc) is 2.53. The standard InChI is InChI=1S/C19H36N2O2/c1-18(2,3)16-7-5-15(6-8-16)13-21-17(22)19(14-23-4)9-11-20-12-10-19/h15-16,20H,5-14H2,1-4H3,(H,21,22). The maximum absolute atomic E-state index is 12.8. The Morgan fingerprint density at radius 3 is 2.30 bits per heavy atom. The van der Waals surface area contributed by atoms with Gasteiger partial charge in [0.15, 0.2) is 0 Å². The molecule has 0 unspecified atom stereocenters. The highest BCUT2D eigenvalue weighted by Gasteiger charge is 2.40. The molecule has 2 rings (SSSR count). The molecule has 23 heavy (non-hydrogen) atoms. The molecule has 1 saturated carbocycles. The predicted molar refractivity (Wildman–Crippen MR) is 94.3 cm³/mol. The van der Waals surface area contributed by atoms with E-state index < -0.39 is 0 Å². The van der Waals surface area contributed by atoms with Gasteiger partial charge in [-0.25, -0.2) is 0 Å². The smallest absolute Gasteiger partial charge is 0.228 e. The lowest BCUT2D eigenvalue weighted by Gasteiger charge is -2.38. The van der Waals surface area contributed by atoms with Crippen molar-refractivity contribution in [2.45, 2.75) is 59.3 Å². The molecule has 4 heteroatoms. The van der Waals surface area contributed by atoms with Crippen LogP contribution in [0.15, 0.2) is 0 Å². The zero-order valence-corrected chi connectivity index (χ0v) is 15.5. The number of ether oxygens (including phenoxy) is 1. The van der Waals surface area contributed by atoms with Gasteiger partial charge in [-0.2, -0.15) is 0 Å². The Morgan fingerprint density at radius 2 is 1.78 bits per heavy atom. The van der Waals surface area contributed by atoms with E-state index in [9.17, 15) is 4.79 Å². The number of hydrogen-bond acceptors (Lipinski definition) is 3. The molecule has 0 spiro atoms. The van der Waals surface area contributed by atoms with Gasteiger partial charge in [0.25, 0.3) is 0 Å². The summed E-state index contributed by atoms with van der Waals surface area (Å²) in [7, 11) is 1.70. The second-order valence-electron chi connectivity index (χ2n) is 8.76. The van der Waals surface area contributed by atoms with Crippen LogP contribution in [0, 0.1) is 22.7 Å². The van der Waals surface area contributed by atoms with Crippen LogP contribution in [0.3, 0.4) is 0 Å². The molecule has 1 aliphatic heterocycles. The van der Waals surface area contributed by atoms with E-state index in [2.05, 4.69) is 31.4 Å². The van der Waals surface area contributed by atoms with E-state index in [0.29, 0.717) is 17.9 Å². The van der Waals surface area contributed by atoms with Crippen LogP contribution in [0.25, 0.3) is 0 Å². The van der Waals surface area contributed by atoms with E-state index in [-0.39, 0.29) is 11.3 Å². The summed E-state index contributed by atoms with van der Waals surface area (Å²) < 4.78 is 5.36. The van der Waals surface area contributed by atoms with E-state index in [1.54, 1.807) is 7.11 Å². The Bertz CT molecular complexity index is 370. The lowest BCUT2D eigenvalue weighted by Crippen LogP contribution is -2.51. The van der Waals surface area contributed by atoms with Crippen LogP contribution in [0.4, 0.5) is 0 Å². The highest BCUT2D eigenvalue weighted by atomic mass is 16.5. The third-order valence-electron chi connectivity index (χ3n) is 6.09. The fourth-order valence-corrected chi connectivity index (χ4v) is 4.28. The predicted octanol–water partition coefficient (Wildman–Crippen LogP) is 2.97. The van der Waals surface area contributed by atoms with Crippen LogP contribution in [0.5, 0.6) is 0 Å². The third-order valence-corrected chi connectivity index (χ3v) is 6.09. The van der Waals surface area contributed by atoms with Crippen LogP contribution in [0.1, 0.15) is 59.3 Å². The summed E-state index contributed by atoms with van der Waals surface area (Å²) in [6, 6.07) is 0. The molecule has 2 N–H and O–H groups in total. The molecule has 4 nitrogen and oxygen atoms in total. The van der Waals surface area contributed by atoms with Crippen LogP contribution in [-0.2, 0) is 9.53 Å². The summed E-state index contributed by atoms with van der Waals surface area (Å²) in [5.41, 5.74) is 0.106. The molecule has 0 bridgehead atoms. The molecule has 2 fully saturated rings. The van der Waals surface area contributed by atoms with E-state index >= 15 is 0 Å². The minimum absolute atomic E-state index is 0.207. The molecule has 0 radical (unpaired) electrons. The number of piperidine rings is 1. The van der Waals surface area contributed by atoms with Crippen LogP contribution in [0.2, 0.25) is 0 Å². The van der Waals surface area contributed by atoms with Crippen LogP contribution >= 0.6 is 0 Å². The quantitative estimate of drug-likeness (QED) is 0.817. The normalized spacial score (nSPS) is 28.3. The number of carbonyl (C=O) groups excluding carboxylic acids is 1. The van der Waals surface area contributed by atoms with Crippen molar-refractivity contribution in [1.82, 2.24) is 10.6 Å². The van der Waals surface area contributed by atoms with Crippen molar-refractivity contribution < 1.29 is 9.53 Å². The van der Waals surface area contributed by atoms with Gasteiger partial charge in [-0.3, -0.25) is 4.79 Å². The van der Waals surface area contributed by atoms with E-state index in [1.165, 1.54) is 25.7 Å². The van der Waals surface area contributed by atoms with E-state index in [0.717, 1.165) is 38.4 Å². The largest absolute Gasteiger partial charge is 0.384 e. The summed E-state index contributed by atoms with van der Waals surface area (Å²) in [4.78, 5) is 12.8. The Morgan fingerprint density at radius 1 is 1.17 bits per heavy atom. The van der Waals surface area contributed by atoms with E-state index in [4.69, 9.17) is 4.74 Å². The topological polar surface area (TPSA) is 50.4 Å². The zero-order chi connectivity index (χ0) is 16.9. The van der Waals surface area contributed by atoms with Crippen molar-refractivity contribution in [2.75, 3.05) is 33.4 Å².